The van der Waals surface area contributed by atoms with E-state index in [1.54, 1.807) is 6.92 Å². The number of nitrogens with zero attached hydrogens (tertiary/aromatic N) is 2. The lowest BCUT2D eigenvalue weighted by Gasteiger charge is -2.22. The van der Waals surface area contributed by atoms with Crippen molar-refractivity contribution in [3.63, 3.8) is 0 Å². The second-order valence-electron chi connectivity index (χ2n) is 5.36. The number of hydrogen-bond acceptors (Lipinski definition) is 5. The SMILES string of the molecule is CCCCCCC(O)(/C=N/N1CCCC1)C(=O)OCC. The highest BCUT2D eigenvalue weighted by Gasteiger charge is 2.35. The summed E-state index contributed by atoms with van der Waals surface area (Å²) in [6.45, 7) is 5.93. The Balaban J connectivity index is 2.59. The normalized spacial score (nSPS) is 18.4. The second kappa shape index (κ2) is 8.95. The van der Waals surface area contributed by atoms with Gasteiger partial charge in [-0.3, -0.25) is 5.01 Å². The number of rotatable bonds is 9. The molecule has 1 N–H and O–H groups in total. The molecule has 0 aliphatic carbocycles. The molecule has 1 saturated heterocycles. The topological polar surface area (TPSA) is 62.1 Å². The summed E-state index contributed by atoms with van der Waals surface area (Å²) in [5.74, 6) is -0.584. The zero-order valence-corrected chi connectivity index (χ0v) is 12.8. The molecule has 1 rings (SSSR count). The summed E-state index contributed by atoms with van der Waals surface area (Å²) in [4.78, 5) is 12.0. The predicted octanol–water partition coefficient (Wildman–Crippen LogP) is 2.33. The minimum absolute atomic E-state index is 0.271. The third kappa shape index (κ3) is 5.49. The molecule has 0 aromatic rings. The van der Waals surface area contributed by atoms with E-state index in [2.05, 4.69) is 12.0 Å². The van der Waals surface area contributed by atoms with Crippen molar-refractivity contribution in [1.82, 2.24) is 5.01 Å². The molecule has 1 atom stereocenters. The number of ether oxygens (including phenoxy) is 1. The molecule has 0 aromatic heterocycles. The first-order valence-corrected chi connectivity index (χ1v) is 7.82. The van der Waals surface area contributed by atoms with Crippen molar-refractivity contribution in [1.29, 1.82) is 0 Å². The van der Waals surface area contributed by atoms with Gasteiger partial charge < -0.3 is 9.84 Å². The van der Waals surface area contributed by atoms with Crippen LogP contribution in [-0.2, 0) is 9.53 Å². The van der Waals surface area contributed by atoms with Crippen molar-refractivity contribution in [3.8, 4) is 0 Å². The van der Waals surface area contributed by atoms with E-state index in [4.69, 9.17) is 4.74 Å². The summed E-state index contributed by atoms with van der Waals surface area (Å²) in [5.41, 5.74) is -1.58. The molecule has 0 spiro atoms. The summed E-state index contributed by atoms with van der Waals surface area (Å²) in [5, 5.41) is 16.7. The van der Waals surface area contributed by atoms with Crippen LogP contribution in [0.5, 0.6) is 0 Å². The van der Waals surface area contributed by atoms with Crippen molar-refractivity contribution >= 4 is 12.2 Å². The third-order valence-electron chi connectivity index (χ3n) is 3.56. The van der Waals surface area contributed by atoms with Gasteiger partial charge in [-0.05, 0) is 32.6 Å². The number of carbonyl (C=O) groups excluding carboxylic acids is 1. The van der Waals surface area contributed by atoms with E-state index in [1.807, 2.05) is 5.01 Å². The molecule has 1 fully saturated rings. The fourth-order valence-corrected chi connectivity index (χ4v) is 2.29. The number of aliphatic hydroxyl groups is 1. The van der Waals surface area contributed by atoms with Gasteiger partial charge in [0.1, 0.15) is 0 Å². The van der Waals surface area contributed by atoms with Crippen LogP contribution in [0.1, 0.15) is 58.8 Å². The van der Waals surface area contributed by atoms with Crippen LogP contribution in [0.2, 0.25) is 0 Å². The van der Waals surface area contributed by atoms with Crippen LogP contribution < -0.4 is 0 Å². The quantitative estimate of drug-likeness (QED) is 0.401. The van der Waals surface area contributed by atoms with Gasteiger partial charge in [-0.2, -0.15) is 5.10 Å². The van der Waals surface area contributed by atoms with Crippen molar-refractivity contribution in [3.05, 3.63) is 0 Å². The summed E-state index contributed by atoms with van der Waals surface area (Å²) < 4.78 is 4.98. The lowest BCUT2D eigenvalue weighted by atomic mass is 9.97. The van der Waals surface area contributed by atoms with Gasteiger partial charge in [0, 0.05) is 13.1 Å². The molecule has 116 valence electrons. The Morgan fingerprint density at radius 2 is 2.00 bits per heavy atom. The van der Waals surface area contributed by atoms with Crippen LogP contribution in [0.25, 0.3) is 0 Å². The van der Waals surface area contributed by atoms with Gasteiger partial charge in [0.2, 0.25) is 0 Å². The predicted molar refractivity (Wildman–Crippen MR) is 79.6 cm³/mol. The third-order valence-corrected chi connectivity index (χ3v) is 3.56. The van der Waals surface area contributed by atoms with E-state index in [0.29, 0.717) is 6.42 Å². The molecule has 1 aliphatic heterocycles. The van der Waals surface area contributed by atoms with Gasteiger partial charge >= 0.3 is 5.97 Å². The van der Waals surface area contributed by atoms with E-state index >= 15 is 0 Å². The molecule has 1 aliphatic rings. The lowest BCUT2D eigenvalue weighted by Crippen LogP contribution is -2.42. The maximum atomic E-state index is 12.0. The van der Waals surface area contributed by atoms with Crippen molar-refractivity contribution in [2.75, 3.05) is 19.7 Å². The van der Waals surface area contributed by atoms with Crippen molar-refractivity contribution in [2.45, 2.75) is 64.4 Å². The van der Waals surface area contributed by atoms with Crippen molar-refractivity contribution < 1.29 is 14.6 Å². The fraction of sp³-hybridized carbons (Fsp3) is 0.867. The van der Waals surface area contributed by atoms with Crippen LogP contribution in [0, 0.1) is 0 Å². The Morgan fingerprint density at radius 1 is 1.30 bits per heavy atom. The first-order chi connectivity index (χ1) is 9.62. The minimum atomic E-state index is -1.58. The minimum Gasteiger partial charge on any atom is -0.464 e. The molecule has 1 unspecified atom stereocenters. The van der Waals surface area contributed by atoms with Gasteiger partial charge in [-0.1, -0.05) is 26.2 Å². The molecule has 0 aromatic carbocycles. The number of hydrogen-bond donors (Lipinski definition) is 1. The van der Waals surface area contributed by atoms with Crippen LogP contribution in [0.15, 0.2) is 5.10 Å². The largest absolute Gasteiger partial charge is 0.464 e. The van der Waals surface area contributed by atoms with Crippen LogP contribution in [-0.4, -0.2) is 47.6 Å². The lowest BCUT2D eigenvalue weighted by molar-refractivity contribution is -0.158. The highest BCUT2D eigenvalue weighted by atomic mass is 16.5. The van der Waals surface area contributed by atoms with Crippen LogP contribution in [0.3, 0.4) is 0 Å². The molecule has 0 saturated carbocycles. The van der Waals surface area contributed by atoms with E-state index in [-0.39, 0.29) is 6.61 Å². The number of esters is 1. The Bertz CT molecular complexity index is 314. The molecule has 20 heavy (non-hydrogen) atoms. The number of hydrazone groups is 1. The smallest absolute Gasteiger partial charge is 0.343 e. The highest BCUT2D eigenvalue weighted by molar-refractivity contribution is 5.98. The Kier molecular flexibility index (Phi) is 7.59. The van der Waals surface area contributed by atoms with Crippen molar-refractivity contribution in [2.24, 2.45) is 5.10 Å². The molecule has 0 bridgehead atoms. The first-order valence-electron chi connectivity index (χ1n) is 7.82. The highest BCUT2D eigenvalue weighted by Crippen LogP contribution is 2.17. The Labute approximate surface area is 122 Å². The Hall–Kier alpha value is -1.10. The van der Waals surface area contributed by atoms with Gasteiger partial charge in [0.05, 0.1) is 12.8 Å². The monoisotopic (exact) mass is 284 g/mol. The van der Waals surface area contributed by atoms with Crippen LogP contribution >= 0.6 is 0 Å². The van der Waals surface area contributed by atoms with Crippen LogP contribution in [0.4, 0.5) is 0 Å². The zero-order valence-electron chi connectivity index (χ0n) is 12.8. The van der Waals surface area contributed by atoms with E-state index in [0.717, 1.165) is 51.6 Å². The summed E-state index contributed by atoms with van der Waals surface area (Å²) >= 11 is 0. The second-order valence-corrected chi connectivity index (χ2v) is 5.36. The molecular formula is C15H28N2O3. The maximum Gasteiger partial charge on any atom is 0.343 e. The number of carbonyl (C=O) groups is 1. The summed E-state index contributed by atoms with van der Waals surface area (Å²) in [6, 6.07) is 0. The Morgan fingerprint density at radius 3 is 2.60 bits per heavy atom. The maximum absolute atomic E-state index is 12.0. The molecular weight excluding hydrogens is 256 g/mol. The standard InChI is InChI=1S/C15H28N2O3/c1-3-5-6-7-10-15(19,14(18)20-4-2)13-16-17-11-8-9-12-17/h13,19H,3-12H2,1-2H3/b16-13+. The van der Waals surface area contributed by atoms with Gasteiger partial charge in [0.15, 0.2) is 5.60 Å². The number of unbranched alkanes of at least 4 members (excludes halogenated alkanes) is 3. The van der Waals surface area contributed by atoms with Gasteiger partial charge in [-0.15, -0.1) is 0 Å². The van der Waals surface area contributed by atoms with E-state index in [9.17, 15) is 9.90 Å². The first kappa shape index (κ1) is 17.0. The molecule has 0 radical (unpaired) electrons. The molecule has 0 amide bonds. The van der Waals surface area contributed by atoms with E-state index < -0.39 is 11.6 Å². The summed E-state index contributed by atoms with van der Waals surface area (Å²) in [6.07, 6.45) is 8.04. The average Bonchev–Trinajstić information content (AvgIpc) is 2.95. The van der Waals surface area contributed by atoms with Gasteiger partial charge in [-0.25, -0.2) is 4.79 Å². The summed E-state index contributed by atoms with van der Waals surface area (Å²) in [7, 11) is 0. The molecule has 1 heterocycles. The molecule has 5 heteroatoms. The fourth-order valence-electron chi connectivity index (χ4n) is 2.29. The average molecular weight is 284 g/mol. The van der Waals surface area contributed by atoms with E-state index in [1.165, 1.54) is 6.21 Å². The zero-order chi connectivity index (χ0) is 14.8. The molecule has 5 nitrogen and oxygen atoms in total. The van der Waals surface area contributed by atoms with Gasteiger partial charge in [0.25, 0.3) is 0 Å².